The van der Waals surface area contributed by atoms with Crippen molar-refractivity contribution in [1.29, 1.82) is 0 Å². The molecule has 0 unspecified atom stereocenters. The molecule has 2 aromatic heterocycles. The maximum absolute atomic E-state index is 12.9. The minimum Gasteiger partial charge on any atom is -0.444 e. The molecule has 1 amide bonds. The molecule has 16 heteroatoms. The number of rotatable bonds is 5. The van der Waals surface area contributed by atoms with Crippen LogP contribution < -0.4 is 4.90 Å². The van der Waals surface area contributed by atoms with E-state index in [0.29, 0.717) is 11.4 Å². The van der Waals surface area contributed by atoms with Gasteiger partial charge in [0.15, 0.2) is 0 Å². The summed E-state index contributed by atoms with van der Waals surface area (Å²) < 4.78 is 91.3. The van der Waals surface area contributed by atoms with Gasteiger partial charge in [-0.25, -0.2) is 4.79 Å². The van der Waals surface area contributed by atoms with Gasteiger partial charge in [0, 0.05) is 35.6 Å². The van der Waals surface area contributed by atoms with E-state index in [1.54, 1.807) is 45.0 Å². The number of carbonyl (C=O) groups excluding carboxylic acids is 1. The predicted molar refractivity (Wildman–Crippen MR) is 133 cm³/mol. The van der Waals surface area contributed by atoms with Crippen LogP contribution in [0, 0.1) is 0 Å². The van der Waals surface area contributed by atoms with Crippen molar-refractivity contribution < 1.29 is 44.9 Å². The molecule has 1 aliphatic heterocycles. The molecule has 2 aromatic carbocycles. The van der Waals surface area contributed by atoms with Gasteiger partial charge in [-0.1, -0.05) is 10.3 Å². The molecule has 0 spiro atoms. The molecule has 10 nitrogen and oxygen atoms in total. The Balaban J connectivity index is 1.41. The van der Waals surface area contributed by atoms with Crippen LogP contribution in [0.5, 0.6) is 0 Å². The number of ether oxygens (including phenoxy) is 1. The van der Waals surface area contributed by atoms with Crippen LogP contribution in [0.4, 0.5) is 42.5 Å². The molecule has 0 aliphatic carbocycles. The van der Waals surface area contributed by atoms with E-state index in [4.69, 9.17) is 4.74 Å². The van der Waals surface area contributed by atoms with Crippen LogP contribution in [0.1, 0.15) is 32.6 Å². The van der Waals surface area contributed by atoms with Gasteiger partial charge in [0.25, 0.3) is 0 Å². The maximum Gasteiger partial charge on any atom is 0.471 e. The fraction of sp³-hybridized carbons (Fsp3) is 0.346. The van der Waals surface area contributed by atoms with Gasteiger partial charge in [-0.05, 0) is 69.3 Å². The highest BCUT2D eigenvalue weighted by atomic mass is 19.4. The number of alkyl halides is 6. The SMILES string of the molecule is CC(C)(C)OC(=O)N1CC(N(c2ccc(-c3noc(C(F)(F)F)n3)cc2)c2ccc(-c3noc(C(F)(F)F)n3)cc2)C1. The standard InChI is InChI=1S/C26H22F6N6O4/c1-24(2,3)40-23(39)37-12-18(13-37)38(16-8-4-14(5-9-16)19-33-21(41-35-19)25(27,28)29)17-10-6-15(7-11-17)20-34-22(42-36-20)26(30,31)32/h4-11,18H,12-13H2,1-3H3. The van der Waals surface area contributed by atoms with E-state index in [1.807, 2.05) is 4.90 Å². The third-order valence-corrected chi connectivity index (χ3v) is 6.02. The van der Waals surface area contributed by atoms with E-state index < -0.39 is 35.8 Å². The molecule has 222 valence electrons. The smallest absolute Gasteiger partial charge is 0.444 e. The van der Waals surface area contributed by atoms with Gasteiger partial charge in [0.1, 0.15) is 5.60 Å². The van der Waals surface area contributed by atoms with Crippen molar-refractivity contribution >= 4 is 17.5 Å². The molecule has 0 radical (unpaired) electrons. The minimum absolute atomic E-state index is 0.238. The average molecular weight is 596 g/mol. The zero-order valence-electron chi connectivity index (χ0n) is 22.2. The van der Waals surface area contributed by atoms with Gasteiger partial charge in [0.2, 0.25) is 11.6 Å². The van der Waals surface area contributed by atoms with Crippen LogP contribution in [0.2, 0.25) is 0 Å². The van der Waals surface area contributed by atoms with Crippen molar-refractivity contribution in [2.45, 2.75) is 44.8 Å². The molecule has 0 N–H and O–H groups in total. The second-order valence-corrected chi connectivity index (χ2v) is 10.3. The van der Waals surface area contributed by atoms with Gasteiger partial charge < -0.3 is 23.6 Å². The van der Waals surface area contributed by atoms with Crippen molar-refractivity contribution in [3.05, 3.63) is 60.3 Å². The van der Waals surface area contributed by atoms with E-state index >= 15 is 0 Å². The van der Waals surface area contributed by atoms with Gasteiger partial charge in [-0.2, -0.15) is 36.3 Å². The fourth-order valence-electron chi connectivity index (χ4n) is 4.12. The fourth-order valence-corrected chi connectivity index (χ4v) is 4.12. The van der Waals surface area contributed by atoms with Gasteiger partial charge >= 0.3 is 30.2 Å². The second kappa shape index (κ2) is 10.3. The zero-order valence-corrected chi connectivity index (χ0v) is 22.2. The Labute approximate surface area is 233 Å². The highest BCUT2D eigenvalue weighted by molar-refractivity contribution is 5.73. The number of hydrogen-bond acceptors (Lipinski definition) is 9. The lowest BCUT2D eigenvalue weighted by molar-refractivity contribution is -0.160. The summed E-state index contributed by atoms with van der Waals surface area (Å²) in [6.07, 6.45) is -10.1. The lowest BCUT2D eigenvalue weighted by atomic mass is 10.0. The first-order valence-corrected chi connectivity index (χ1v) is 12.4. The summed E-state index contributed by atoms with van der Waals surface area (Å²) in [5.74, 6) is -3.43. The van der Waals surface area contributed by atoms with E-state index in [9.17, 15) is 31.1 Å². The van der Waals surface area contributed by atoms with Crippen LogP contribution >= 0.6 is 0 Å². The summed E-state index contributed by atoms with van der Waals surface area (Å²) in [6, 6.07) is 12.4. The Bertz CT molecular complexity index is 1460. The van der Waals surface area contributed by atoms with E-state index in [0.717, 1.165) is 0 Å². The summed E-state index contributed by atoms with van der Waals surface area (Å²) in [5.41, 5.74) is 1.08. The summed E-state index contributed by atoms with van der Waals surface area (Å²) in [6.45, 7) is 5.83. The highest BCUT2D eigenvalue weighted by Crippen LogP contribution is 2.36. The van der Waals surface area contributed by atoms with Crippen molar-refractivity contribution in [3.8, 4) is 22.8 Å². The Morgan fingerprint density at radius 1 is 0.786 bits per heavy atom. The quantitative estimate of drug-likeness (QED) is 0.236. The summed E-state index contributed by atoms with van der Waals surface area (Å²) in [5, 5.41) is 6.79. The lowest BCUT2D eigenvalue weighted by Gasteiger charge is -2.46. The van der Waals surface area contributed by atoms with Crippen LogP contribution in [-0.4, -0.2) is 56.0 Å². The Morgan fingerprint density at radius 3 is 1.52 bits per heavy atom. The Hall–Kier alpha value is -4.63. The van der Waals surface area contributed by atoms with Crippen molar-refractivity contribution in [2.75, 3.05) is 18.0 Å². The van der Waals surface area contributed by atoms with E-state index in [-0.39, 0.29) is 41.9 Å². The van der Waals surface area contributed by atoms with Crippen LogP contribution in [0.15, 0.2) is 57.6 Å². The van der Waals surface area contributed by atoms with Crippen LogP contribution in [0.3, 0.4) is 0 Å². The number of amides is 1. The molecule has 3 heterocycles. The molecule has 0 atom stereocenters. The third-order valence-electron chi connectivity index (χ3n) is 6.02. The average Bonchev–Trinajstić information content (AvgIpc) is 3.56. The van der Waals surface area contributed by atoms with E-state index in [1.165, 1.54) is 29.2 Å². The molecular weight excluding hydrogens is 574 g/mol. The van der Waals surface area contributed by atoms with Gasteiger partial charge in [0.05, 0.1) is 6.04 Å². The number of nitrogens with zero attached hydrogens (tertiary/aromatic N) is 6. The predicted octanol–water partition coefficient (Wildman–Crippen LogP) is 6.58. The first-order valence-electron chi connectivity index (χ1n) is 12.4. The molecule has 1 saturated heterocycles. The molecule has 5 rings (SSSR count). The molecule has 0 saturated carbocycles. The molecule has 0 bridgehead atoms. The summed E-state index contributed by atoms with van der Waals surface area (Å²) in [4.78, 5) is 22.7. The number of hydrogen-bond donors (Lipinski definition) is 0. The maximum atomic E-state index is 12.9. The zero-order chi connectivity index (χ0) is 30.4. The number of carbonyl (C=O) groups is 1. The largest absolute Gasteiger partial charge is 0.471 e. The topological polar surface area (TPSA) is 111 Å². The number of likely N-dealkylation sites (tertiary alicyclic amines) is 1. The molecule has 4 aromatic rings. The first-order chi connectivity index (χ1) is 19.6. The van der Waals surface area contributed by atoms with Crippen LogP contribution in [0.25, 0.3) is 22.8 Å². The second-order valence-electron chi connectivity index (χ2n) is 10.3. The highest BCUT2D eigenvalue weighted by Gasteiger charge is 2.40. The Kier molecular flexibility index (Phi) is 7.10. The summed E-state index contributed by atoms with van der Waals surface area (Å²) >= 11 is 0. The van der Waals surface area contributed by atoms with Gasteiger partial charge in [-0.3, -0.25) is 0 Å². The third kappa shape index (κ3) is 6.16. The molecular formula is C26H22F6N6O4. The number of aromatic nitrogens is 4. The molecule has 1 fully saturated rings. The minimum atomic E-state index is -4.78. The first kappa shape index (κ1) is 28.9. The lowest BCUT2D eigenvalue weighted by Crippen LogP contribution is -2.60. The van der Waals surface area contributed by atoms with Crippen molar-refractivity contribution in [1.82, 2.24) is 25.2 Å². The summed E-state index contributed by atoms with van der Waals surface area (Å²) in [7, 11) is 0. The Morgan fingerprint density at radius 2 is 1.19 bits per heavy atom. The molecule has 1 aliphatic rings. The molecule has 42 heavy (non-hydrogen) atoms. The number of anilines is 2. The number of halogens is 6. The number of benzene rings is 2. The van der Waals surface area contributed by atoms with Crippen molar-refractivity contribution in [2.24, 2.45) is 0 Å². The van der Waals surface area contributed by atoms with E-state index in [2.05, 4.69) is 29.3 Å². The van der Waals surface area contributed by atoms with Crippen molar-refractivity contribution in [3.63, 3.8) is 0 Å². The monoisotopic (exact) mass is 596 g/mol. The normalized spacial score (nSPS) is 14.5. The van der Waals surface area contributed by atoms with Gasteiger partial charge in [-0.15, -0.1) is 0 Å². The van der Waals surface area contributed by atoms with Crippen LogP contribution in [-0.2, 0) is 17.1 Å².